The van der Waals surface area contributed by atoms with Crippen molar-refractivity contribution in [2.45, 2.75) is 0 Å². The first-order valence-electron chi connectivity index (χ1n) is 6.91. The lowest BCUT2D eigenvalue weighted by molar-refractivity contribution is 0.0964. The molecule has 2 heterocycles. The van der Waals surface area contributed by atoms with E-state index in [1.165, 1.54) is 0 Å². The highest BCUT2D eigenvalue weighted by atomic mass is 79.9. The smallest absolute Gasteiger partial charge is 0.274 e. The zero-order valence-electron chi connectivity index (χ0n) is 11.5. The van der Waals surface area contributed by atoms with Crippen LogP contribution in [0.5, 0.6) is 0 Å². The van der Waals surface area contributed by atoms with Crippen LogP contribution in [-0.4, -0.2) is 15.5 Å². The molecule has 0 bridgehead atoms. The van der Waals surface area contributed by atoms with E-state index in [0.29, 0.717) is 10.2 Å². The van der Waals surface area contributed by atoms with Crippen LogP contribution in [0.25, 0.3) is 21.8 Å². The van der Waals surface area contributed by atoms with Gasteiger partial charge in [0.25, 0.3) is 5.91 Å². The van der Waals surface area contributed by atoms with Crippen molar-refractivity contribution in [3.8, 4) is 0 Å². The third-order valence-electron chi connectivity index (χ3n) is 3.74. The minimum Gasteiger partial charge on any atom is -0.274 e. The van der Waals surface area contributed by atoms with Gasteiger partial charge in [0.2, 0.25) is 0 Å². The highest BCUT2D eigenvalue weighted by Gasteiger charge is 2.19. The van der Waals surface area contributed by atoms with Gasteiger partial charge >= 0.3 is 0 Å². The van der Waals surface area contributed by atoms with Gasteiger partial charge in [-0.1, -0.05) is 36.4 Å². The Morgan fingerprint density at radius 2 is 1.45 bits per heavy atom. The fourth-order valence-electron chi connectivity index (χ4n) is 2.79. The second kappa shape index (κ2) is 5.07. The van der Waals surface area contributed by atoms with Gasteiger partial charge in [-0.3, -0.25) is 9.36 Å². The largest absolute Gasteiger partial charge is 0.282 e. The highest BCUT2D eigenvalue weighted by molar-refractivity contribution is 9.10. The van der Waals surface area contributed by atoms with Gasteiger partial charge in [-0.25, -0.2) is 4.98 Å². The first kappa shape index (κ1) is 13.2. The lowest BCUT2D eigenvalue weighted by Crippen LogP contribution is -2.13. The molecule has 0 aliphatic heterocycles. The number of hydrogen-bond acceptors (Lipinski definition) is 2. The summed E-state index contributed by atoms with van der Waals surface area (Å²) in [5.74, 6) is -0.134. The molecule has 0 spiro atoms. The van der Waals surface area contributed by atoms with Crippen LogP contribution in [0.15, 0.2) is 71.3 Å². The molecule has 0 unspecified atom stereocenters. The number of hydrogen-bond donors (Lipinski definition) is 0. The Kier molecular flexibility index (Phi) is 3.05. The van der Waals surface area contributed by atoms with E-state index < -0.39 is 0 Å². The summed E-state index contributed by atoms with van der Waals surface area (Å²) in [6.07, 6.45) is 1.63. The number of benzene rings is 2. The number of carbonyl (C=O) groups excluding carboxylic acids is 1. The van der Waals surface area contributed by atoms with Gasteiger partial charge in [-0.2, -0.15) is 0 Å². The zero-order chi connectivity index (χ0) is 15.1. The van der Waals surface area contributed by atoms with Gasteiger partial charge < -0.3 is 0 Å². The third kappa shape index (κ3) is 1.88. The molecule has 4 heteroatoms. The minimum absolute atomic E-state index is 0.134. The van der Waals surface area contributed by atoms with Crippen molar-refractivity contribution in [2.24, 2.45) is 0 Å². The highest BCUT2D eigenvalue weighted by Crippen LogP contribution is 2.30. The van der Waals surface area contributed by atoms with Crippen LogP contribution in [0.4, 0.5) is 0 Å². The van der Waals surface area contributed by atoms with E-state index >= 15 is 0 Å². The standard InChI is InChI=1S/C18H11BrN2O/c19-14-8-5-11-20-17(14)18(22)21-15-9-3-1-6-12(15)13-7-2-4-10-16(13)21/h1-11H. The Balaban J connectivity index is 2.09. The lowest BCUT2D eigenvalue weighted by Gasteiger charge is -2.06. The SMILES string of the molecule is O=C(c1ncccc1Br)n1c2ccccc2c2ccccc21. The Morgan fingerprint density at radius 1 is 0.864 bits per heavy atom. The first-order chi connectivity index (χ1) is 10.8. The van der Waals surface area contributed by atoms with Gasteiger partial charge in [0, 0.05) is 21.4 Å². The maximum atomic E-state index is 13.0. The molecule has 0 saturated carbocycles. The van der Waals surface area contributed by atoms with Crippen LogP contribution in [0.3, 0.4) is 0 Å². The summed E-state index contributed by atoms with van der Waals surface area (Å²) in [5.41, 5.74) is 2.20. The minimum atomic E-state index is -0.134. The van der Waals surface area contributed by atoms with Gasteiger partial charge in [0.05, 0.1) is 11.0 Å². The number of fused-ring (bicyclic) bond motifs is 3. The van der Waals surface area contributed by atoms with E-state index in [1.807, 2.05) is 54.6 Å². The molecular formula is C18H11BrN2O. The predicted molar refractivity (Wildman–Crippen MR) is 91.1 cm³/mol. The summed E-state index contributed by atoms with van der Waals surface area (Å²) in [5, 5.41) is 2.14. The summed E-state index contributed by atoms with van der Waals surface area (Å²) < 4.78 is 2.43. The molecule has 4 rings (SSSR count). The van der Waals surface area contributed by atoms with Crippen molar-refractivity contribution < 1.29 is 4.79 Å². The van der Waals surface area contributed by atoms with Gasteiger partial charge in [-0.05, 0) is 40.2 Å². The molecule has 0 radical (unpaired) electrons. The molecule has 0 amide bonds. The van der Waals surface area contributed by atoms with Crippen molar-refractivity contribution >= 4 is 43.6 Å². The molecule has 3 nitrogen and oxygen atoms in total. The Hall–Kier alpha value is -2.46. The number of rotatable bonds is 1. The number of carbonyl (C=O) groups is 1. The number of pyridine rings is 1. The zero-order valence-corrected chi connectivity index (χ0v) is 13.1. The summed E-state index contributed by atoms with van der Waals surface area (Å²) in [4.78, 5) is 17.3. The van der Waals surface area contributed by atoms with E-state index in [2.05, 4.69) is 20.9 Å². The molecule has 106 valence electrons. The van der Waals surface area contributed by atoms with Crippen LogP contribution in [-0.2, 0) is 0 Å². The molecular weight excluding hydrogens is 340 g/mol. The van der Waals surface area contributed by atoms with Crippen LogP contribution < -0.4 is 0 Å². The number of nitrogens with zero attached hydrogens (tertiary/aromatic N) is 2. The quantitative estimate of drug-likeness (QED) is 0.501. The predicted octanol–water partition coefficient (Wildman–Crippen LogP) is 4.64. The summed E-state index contributed by atoms with van der Waals surface area (Å²) in [6, 6.07) is 19.5. The van der Waals surface area contributed by atoms with Crippen molar-refractivity contribution in [3.05, 3.63) is 77.0 Å². The maximum absolute atomic E-state index is 13.0. The van der Waals surface area contributed by atoms with Gasteiger partial charge in [0.15, 0.2) is 0 Å². The summed E-state index contributed by atoms with van der Waals surface area (Å²) in [6.45, 7) is 0. The van der Waals surface area contributed by atoms with E-state index in [4.69, 9.17) is 0 Å². The number of halogens is 1. The van der Waals surface area contributed by atoms with E-state index in [1.54, 1.807) is 16.8 Å². The molecule has 0 atom stereocenters. The number of aromatic nitrogens is 2. The van der Waals surface area contributed by atoms with Crippen molar-refractivity contribution in [1.82, 2.24) is 9.55 Å². The van der Waals surface area contributed by atoms with Crippen LogP contribution >= 0.6 is 15.9 Å². The Bertz CT molecular complexity index is 967. The van der Waals surface area contributed by atoms with Crippen LogP contribution in [0.1, 0.15) is 10.5 Å². The molecule has 4 aromatic rings. The van der Waals surface area contributed by atoms with E-state index in [-0.39, 0.29) is 5.91 Å². The fourth-order valence-corrected chi connectivity index (χ4v) is 3.21. The Labute approximate surface area is 135 Å². The molecule has 0 aliphatic rings. The van der Waals surface area contributed by atoms with Crippen molar-refractivity contribution in [3.63, 3.8) is 0 Å². The molecule has 0 saturated heterocycles. The van der Waals surface area contributed by atoms with Crippen molar-refractivity contribution in [2.75, 3.05) is 0 Å². The average Bonchev–Trinajstić information content (AvgIpc) is 2.89. The lowest BCUT2D eigenvalue weighted by atomic mass is 10.2. The van der Waals surface area contributed by atoms with Crippen LogP contribution in [0, 0.1) is 0 Å². The maximum Gasteiger partial charge on any atom is 0.282 e. The molecule has 0 aliphatic carbocycles. The summed E-state index contributed by atoms with van der Waals surface area (Å²) in [7, 11) is 0. The van der Waals surface area contributed by atoms with E-state index in [0.717, 1.165) is 21.8 Å². The first-order valence-corrected chi connectivity index (χ1v) is 7.70. The van der Waals surface area contributed by atoms with Gasteiger partial charge in [0.1, 0.15) is 5.69 Å². The van der Waals surface area contributed by atoms with E-state index in [9.17, 15) is 4.79 Å². The Morgan fingerprint density at radius 3 is 2.05 bits per heavy atom. The third-order valence-corrected chi connectivity index (χ3v) is 4.38. The number of para-hydroxylation sites is 2. The molecule has 2 aromatic heterocycles. The monoisotopic (exact) mass is 350 g/mol. The van der Waals surface area contributed by atoms with Gasteiger partial charge in [-0.15, -0.1) is 0 Å². The molecule has 22 heavy (non-hydrogen) atoms. The summed E-state index contributed by atoms with van der Waals surface area (Å²) >= 11 is 3.41. The fraction of sp³-hybridized carbons (Fsp3) is 0. The average molecular weight is 351 g/mol. The van der Waals surface area contributed by atoms with Crippen molar-refractivity contribution in [1.29, 1.82) is 0 Å². The molecule has 0 N–H and O–H groups in total. The topological polar surface area (TPSA) is 34.9 Å². The molecule has 2 aromatic carbocycles. The second-order valence-corrected chi connectivity index (χ2v) is 5.86. The second-order valence-electron chi connectivity index (χ2n) is 5.01. The normalized spacial score (nSPS) is 11.1. The molecule has 0 fully saturated rings. The van der Waals surface area contributed by atoms with Crippen LogP contribution in [0.2, 0.25) is 0 Å².